The molecule has 0 spiro atoms. The number of hydrogen-bond donors (Lipinski definition) is 1. The lowest BCUT2D eigenvalue weighted by Gasteiger charge is -2.28. The van der Waals surface area contributed by atoms with Crippen LogP contribution in [0, 0.1) is 6.92 Å². The minimum atomic E-state index is 0.0926. The van der Waals surface area contributed by atoms with Gasteiger partial charge in [-0.3, -0.25) is 0 Å². The van der Waals surface area contributed by atoms with Crippen LogP contribution < -0.4 is 10.5 Å². The van der Waals surface area contributed by atoms with Crippen LogP contribution in [0.15, 0.2) is 52.8 Å². The highest BCUT2D eigenvalue weighted by Crippen LogP contribution is 2.45. The maximum Gasteiger partial charge on any atom is 0.179 e. The summed E-state index contributed by atoms with van der Waals surface area (Å²) in [6, 6.07) is 12.3. The number of rotatable bonds is 4. The SMILES string of the molecule is CC/C=C(\N)OCC1c2cc(C)ccc2Oc2ccc(Br)cc21. The van der Waals surface area contributed by atoms with E-state index in [1.165, 1.54) is 5.56 Å². The zero-order chi connectivity index (χ0) is 16.4. The topological polar surface area (TPSA) is 44.5 Å². The zero-order valence-corrected chi connectivity index (χ0v) is 14.9. The van der Waals surface area contributed by atoms with Gasteiger partial charge in [0.05, 0.1) is 5.92 Å². The van der Waals surface area contributed by atoms with Gasteiger partial charge in [0.15, 0.2) is 5.88 Å². The number of nitrogens with two attached hydrogens (primary N) is 1. The molecule has 3 rings (SSSR count). The summed E-state index contributed by atoms with van der Waals surface area (Å²) in [6.45, 7) is 4.61. The first-order valence-corrected chi connectivity index (χ1v) is 8.54. The van der Waals surface area contributed by atoms with Crippen molar-refractivity contribution in [3.8, 4) is 11.5 Å². The van der Waals surface area contributed by atoms with Crippen LogP contribution in [0.2, 0.25) is 0 Å². The van der Waals surface area contributed by atoms with Gasteiger partial charge in [-0.1, -0.05) is 40.5 Å². The molecule has 4 heteroatoms. The van der Waals surface area contributed by atoms with E-state index in [-0.39, 0.29) is 5.92 Å². The molecule has 0 saturated heterocycles. The molecule has 2 aromatic carbocycles. The summed E-state index contributed by atoms with van der Waals surface area (Å²) in [4.78, 5) is 0. The number of allylic oxidation sites excluding steroid dienone is 1. The van der Waals surface area contributed by atoms with Gasteiger partial charge < -0.3 is 15.2 Å². The van der Waals surface area contributed by atoms with Gasteiger partial charge in [-0.2, -0.15) is 0 Å². The monoisotopic (exact) mass is 373 g/mol. The Labute approximate surface area is 145 Å². The molecule has 2 N–H and O–H groups in total. The van der Waals surface area contributed by atoms with Crippen LogP contribution in [0.1, 0.15) is 36.0 Å². The average molecular weight is 374 g/mol. The summed E-state index contributed by atoms with van der Waals surface area (Å²) in [6.07, 6.45) is 2.75. The molecule has 1 unspecified atom stereocenters. The minimum Gasteiger partial charge on any atom is -0.479 e. The predicted molar refractivity (Wildman–Crippen MR) is 95.8 cm³/mol. The first kappa shape index (κ1) is 15.9. The smallest absolute Gasteiger partial charge is 0.179 e. The van der Waals surface area contributed by atoms with Gasteiger partial charge in [0, 0.05) is 15.6 Å². The fraction of sp³-hybridized carbons (Fsp3) is 0.263. The third-order valence-electron chi connectivity index (χ3n) is 3.93. The molecule has 1 aliphatic heterocycles. The lowest BCUT2D eigenvalue weighted by molar-refractivity contribution is 0.194. The minimum absolute atomic E-state index is 0.0926. The number of ether oxygens (including phenoxy) is 2. The van der Waals surface area contributed by atoms with E-state index in [0.29, 0.717) is 12.5 Å². The summed E-state index contributed by atoms with van der Waals surface area (Å²) < 4.78 is 12.9. The predicted octanol–water partition coefficient (Wildman–Crippen LogP) is 5.22. The van der Waals surface area contributed by atoms with Crippen LogP contribution >= 0.6 is 15.9 Å². The third-order valence-corrected chi connectivity index (χ3v) is 4.42. The largest absolute Gasteiger partial charge is 0.479 e. The second kappa shape index (κ2) is 6.67. The van der Waals surface area contributed by atoms with Gasteiger partial charge in [-0.25, -0.2) is 0 Å². The normalized spacial score (nSPS) is 16.3. The van der Waals surface area contributed by atoms with Gasteiger partial charge in [-0.05, 0) is 43.7 Å². The number of aryl methyl sites for hydroxylation is 1. The van der Waals surface area contributed by atoms with Gasteiger partial charge >= 0.3 is 0 Å². The molecule has 3 nitrogen and oxygen atoms in total. The van der Waals surface area contributed by atoms with Crippen LogP contribution in [0.3, 0.4) is 0 Å². The number of fused-ring (bicyclic) bond motifs is 2. The van der Waals surface area contributed by atoms with Crippen LogP contribution in [0.4, 0.5) is 0 Å². The molecule has 1 aliphatic rings. The fourth-order valence-corrected chi connectivity index (χ4v) is 3.20. The molecule has 0 saturated carbocycles. The molecule has 0 aromatic heterocycles. The van der Waals surface area contributed by atoms with Crippen molar-refractivity contribution >= 4 is 15.9 Å². The van der Waals surface area contributed by atoms with Crippen molar-refractivity contribution in [1.82, 2.24) is 0 Å². The fourth-order valence-electron chi connectivity index (χ4n) is 2.82. The van der Waals surface area contributed by atoms with E-state index >= 15 is 0 Å². The van der Waals surface area contributed by atoms with E-state index in [1.54, 1.807) is 0 Å². The summed E-state index contributed by atoms with van der Waals surface area (Å²) in [5.41, 5.74) is 9.35. The Hall–Kier alpha value is -1.94. The van der Waals surface area contributed by atoms with Crippen LogP contribution in [0.25, 0.3) is 0 Å². The molecule has 120 valence electrons. The molecule has 1 heterocycles. The Bertz CT molecular complexity index is 704. The molecule has 23 heavy (non-hydrogen) atoms. The zero-order valence-electron chi connectivity index (χ0n) is 13.3. The standard InChI is InChI=1S/C19H20BrNO2/c1-3-4-19(21)22-11-16-14-9-12(2)5-7-17(14)23-18-8-6-13(20)10-15(16)18/h4-10,16H,3,11,21H2,1-2H3/b19-4+. The lowest BCUT2D eigenvalue weighted by Crippen LogP contribution is -2.17. The third kappa shape index (κ3) is 3.37. The lowest BCUT2D eigenvalue weighted by atomic mass is 9.88. The second-order valence-electron chi connectivity index (χ2n) is 5.70. The molecule has 0 radical (unpaired) electrons. The van der Waals surface area contributed by atoms with Crippen molar-refractivity contribution in [3.05, 3.63) is 69.5 Å². The van der Waals surface area contributed by atoms with Crippen molar-refractivity contribution < 1.29 is 9.47 Å². The van der Waals surface area contributed by atoms with Crippen LogP contribution in [-0.4, -0.2) is 6.61 Å². The van der Waals surface area contributed by atoms with Crippen molar-refractivity contribution in [2.45, 2.75) is 26.2 Å². The number of halogens is 1. The Morgan fingerprint density at radius 3 is 2.65 bits per heavy atom. The maximum atomic E-state index is 6.05. The summed E-state index contributed by atoms with van der Waals surface area (Å²) in [5.74, 6) is 2.33. The van der Waals surface area contributed by atoms with E-state index < -0.39 is 0 Å². The summed E-state index contributed by atoms with van der Waals surface area (Å²) in [5, 5.41) is 0. The van der Waals surface area contributed by atoms with E-state index in [4.69, 9.17) is 15.2 Å². The summed E-state index contributed by atoms with van der Waals surface area (Å²) in [7, 11) is 0. The molecule has 0 amide bonds. The van der Waals surface area contributed by atoms with Crippen molar-refractivity contribution in [2.75, 3.05) is 6.61 Å². The molecule has 2 aromatic rings. The summed E-state index contributed by atoms with van der Waals surface area (Å²) >= 11 is 3.54. The Balaban J connectivity index is 2.00. The highest BCUT2D eigenvalue weighted by molar-refractivity contribution is 9.10. The molecule has 1 atom stereocenters. The van der Waals surface area contributed by atoms with E-state index in [1.807, 2.05) is 31.2 Å². The maximum absolute atomic E-state index is 6.05. The quantitative estimate of drug-likeness (QED) is 0.746. The van der Waals surface area contributed by atoms with Gasteiger partial charge in [0.25, 0.3) is 0 Å². The molecule has 0 fully saturated rings. The van der Waals surface area contributed by atoms with E-state index in [2.05, 4.69) is 41.1 Å². The van der Waals surface area contributed by atoms with Crippen LogP contribution in [0.5, 0.6) is 11.5 Å². The Morgan fingerprint density at radius 2 is 1.91 bits per heavy atom. The van der Waals surface area contributed by atoms with Crippen LogP contribution in [-0.2, 0) is 4.74 Å². The van der Waals surface area contributed by atoms with Gasteiger partial charge in [0.1, 0.15) is 18.1 Å². The number of hydrogen-bond acceptors (Lipinski definition) is 3. The second-order valence-corrected chi connectivity index (χ2v) is 6.62. The number of benzene rings is 2. The van der Waals surface area contributed by atoms with E-state index in [0.717, 1.165) is 33.5 Å². The first-order valence-electron chi connectivity index (χ1n) is 7.74. The Morgan fingerprint density at radius 1 is 1.22 bits per heavy atom. The van der Waals surface area contributed by atoms with E-state index in [9.17, 15) is 0 Å². The highest BCUT2D eigenvalue weighted by Gasteiger charge is 2.28. The van der Waals surface area contributed by atoms with Gasteiger partial charge in [0.2, 0.25) is 0 Å². The average Bonchev–Trinajstić information content (AvgIpc) is 2.52. The highest BCUT2D eigenvalue weighted by atomic mass is 79.9. The first-order chi connectivity index (χ1) is 11.1. The van der Waals surface area contributed by atoms with Crippen molar-refractivity contribution in [3.63, 3.8) is 0 Å². The molecular weight excluding hydrogens is 354 g/mol. The molecule has 0 aliphatic carbocycles. The molecule has 0 bridgehead atoms. The van der Waals surface area contributed by atoms with Crippen molar-refractivity contribution in [1.29, 1.82) is 0 Å². The van der Waals surface area contributed by atoms with Crippen molar-refractivity contribution in [2.24, 2.45) is 5.73 Å². The molecular formula is C19H20BrNO2. The van der Waals surface area contributed by atoms with Gasteiger partial charge in [-0.15, -0.1) is 0 Å². The Kier molecular flexibility index (Phi) is 4.62.